The molecule has 2 aromatic rings. The van der Waals surface area contributed by atoms with Gasteiger partial charge in [0.05, 0.1) is 5.56 Å². The Morgan fingerprint density at radius 3 is 2.45 bits per heavy atom. The van der Waals surface area contributed by atoms with Crippen molar-refractivity contribution in [1.82, 2.24) is 5.32 Å². The SMILES string of the molecule is CSc1ccccc1C(=O)NC[C@@H](C)c1ccccc1. The molecule has 0 radical (unpaired) electrons. The lowest BCUT2D eigenvalue weighted by Gasteiger charge is -2.14. The summed E-state index contributed by atoms with van der Waals surface area (Å²) in [6.45, 7) is 2.77. The molecule has 0 aliphatic heterocycles. The van der Waals surface area contributed by atoms with Gasteiger partial charge in [-0.25, -0.2) is 0 Å². The van der Waals surface area contributed by atoms with E-state index in [-0.39, 0.29) is 5.91 Å². The average Bonchev–Trinajstić information content (AvgIpc) is 2.53. The molecule has 0 heterocycles. The molecular weight excluding hydrogens is 266 g/mol. The molecule has 0 bridgehead atoms. The summed E-state index contributed by atoms with van der Waals surface area (Å²) in [5.41, 5.74) is 1.99. The highest BCUT2D eigenvalue weighted by Crippen LogP contribution is 2.20. The van der Waals surface area contributed by atoms with Crippen LogP contribution in [-0.4, -0.2) is 18.7 Å². The Balaban J connectivity index is 1.99. The summed E-state index contributed by atoms with van der Waals surface area (Å²) < 4.78 is 0. The monoisotopic (exact) mass is 285 g/mol. The lowest BCUT2D eigenvalue weighted by atomic mass is 10.0. The van der Waals surface area contributed by atoms with Crippen LogP contribution in [0.3, 0.4) is 0 Å². The lowest BCUT2D eigenvalue weighted by Crippen LogP contribution is -2.27. The third-order valence-corrected chi connectivity index (χ3v) is 4.08. The smallest absolute Gasteiger partial charge is 0.252 e. The van der Waals surface area contributed by atoms with Gasteiger partial charge in [0.2, 0.25) is 0 Å². The van der Waals surface area contributed by atoms with E-state index < -0.39 is 0 Å². The maximum Gasteiger partial charge on any atom is 0.252 e. The fourth-order valence-electron chi connectivity index (χ4n) is 2.07. The minimum Gasteiger partial charge on any atom is -0.351 e. The van der Waals surface area contributed by atoms with E-state index in [1.54, 1.807) is 11.8 Å². The number of hydrogen-bond donors (Lipinski definition) is 1. The maximum atomic E-state index is 12.2. The third-order valence-electron chi connectivity index (χ3n) is 3.29. The fourth-order valence-corrected chi connectivity index (χ4v) is 2.67. The molecule has 0 spiro atoms. The van der Waals surface area contributed by atoms with Crippen molar-refractivity contribution in [1.29, 1.82) is 0 Å². The van der Waals surface area contributed by atoms with Gasteiger partial charge < -0.3 is 5.32 Å². The van der Waals surface area contributed by atoms with Gasteiger partial charge in [0.1, 0.15) is 0 Å². The largest absolute Gasteiger partial charge is 0.351 e. The Labute approximate surface area is 124 Å². The second-order valence-corrected chi connectivity index (χ2v) is 5.57. The molecule has 0 saturated carbocycles. The van der Waals surface area contributed by atoms with Crippen molar-refractivity contribution in [2.24, 2.45) is 0 Å². The number of thioether (sulfide) groups is 1. The van der Waals surface area contributed by atoms with Gasteiger partial charge in [-0.2, -0.15) is 0 Å². The highest BCUT2D eigenvalue weighted by Gasteiger charge is 2.12. The second-order valence-electron chi connectivity index (χ2n) is 4.72. The summed E-state index contributed by atoms with van der Waals surface area (Å²) in [4.78, 5) is 13.2. The van der Waals surface area contributed by atoms with Gasteiger partial charge in [-0.3, -0.25) is 4.79 Å². The molecule has 0 aliphatic carbocycles. The predicted molar refractivity (Wildman–Crippen MR) is 85.4 cm³/mol. The molecule has 1 amide bonds. The topological polar surface area (TPSA) is 29.1 Å². The zero-order valence-corrected chi connectivity index (χ0v) is 12.6. The van der Waals surface area contributed by atoms with Crippen LogP contribution in [0.5, 0.6) is 0 Å². The Kier molecular flexibility index (Phi) is 5.24. The third kappa shape index (κ3) is 3.64. The molecule has 0 saturated heterocycles. The predicted octanol–water partition coefficient (Wildman–Crippen LogP) is 3.94. The Hall–Kier alpha value is -1.74. The summed E-state index contributed by atoms with van der Waals surface area (Å²) in [6, 6.07) is 17.9. The molecule has 1 N–H and O–H groups in total. The molecule has 0 aromatic heterocycles. The average molecular weight is 285 g/mol. The molecule has 1 atom stereocenters. The zero-order chi connectivity index (χ0) is 14.4. The van der Waals surface area contributed by atoms with Gasteiger partial charge in [0.25, 0.3) is 5.91 Å². The van der Waals surface area contributed by atoms with Crippen LogP contribution in [0.15, 0.2) is 59.5 Å². The van der Waals surface area contributed by atoms with Crippen LogP contribution in [0.4, 0.5) is 0 Å². The van der Waals surface area contributed by atoms with Crippen molar-refractivity contribution in [2.75, 3.05) is 12.8 Å². The maximum absolute atomic E-state index is 12.2. The molecule has 104 valence electrons. The number of rotatable bonds is 5. The van der Waals surface area contributed by atoms with Crippen LogP contribution in [0.25, 0.3) is 0 Å². The number of amides is 1. The van der Waals surface area contributed by atoms with Gasteiger partial charge in [-0.15, -0.1) is 11.8 Å². The molecule has 2 nitrogen and oxygen atoms in total. The van der Waals surface area contributed by atoms with E-state index in [9.17, 15) is 4.79 Å². The standard InChI is InChI=1S/C17H19NOS/c1-13(14-8-4-3-5-9-14)12-18-17(19)15-10-6-7-11-16(15)20-2/h3-11,13H,12H2,1-2H3,(H,18,19)/t13-/m1/s1. The van der Waals surface area contributed by atoms with Crippen LogP contribution in [0.1, 0.15) is 28.8 Å². The number of nitrogens with one attached hydrogen (secondary N) is 1. The molecule has 0 unspecified atom stereocenters. The normalized spacial score (nSPS) is 11.9. The first-order valence-electron chi connectivity index (χ1n) is 6.68. The Bertz CT molecular complexity index is 568. The van der Waals surface area contributed by atoms with Crippen molar-refractivity contribution in [3.8, 4) is 0 Å². The molecule has 2 aromatic carbocycles. The van der Waals surface area contributed by atoms with Crippen LogP contribution >= 0.6 is 11.8 Å². The molecule has 2 rings (SSSR count). The summed E-state index contributed by atoms with van der Waals surface area (Å²) >= 11 is 1.59. The van der Waals surface area contributed by atoms with E-state index in [0.29, 0.717) is 12.5 Å². The lowest BCUT2D eigenvalue weighted by molar-refractivity contribution is 0.0949. The first-order chi connectivity index (χ1) is 9.72. The summed E-state index contributed by atoms with van der Waals surface area (Å²) in [5.74, 6) is 0.305. The van der Waals surface area contributed by atoms with Gasteiger partial charge in [0.15, 0.2) is 0 Å². The van der Waals surface area contributed by atoms with Crippen LogP contribution in [0.2, 0.25) is 0 Å². The quantitative estimate of drug-likeness (QED) is 0.843. The van der Waals surface area contributed by atoms with E-state index in [4.69, 9.17) is 0 Å². The molecule has 0 fully saturated rings. The highest BCUT2D eigenvalue weighted by atomic mass is 32.2. The minimum atomic E-state index is -0.00210. The van der Waals surface area contributed by atoms with Crippen LogP contribution < -0.4 is 5.32 Å². The number of carbonyl (C=O) groups is 1. The van der Waals surface area contributed by atoms with E-state index >= 15 is 0 Å². The molecule has 0 aliphatic rings. The zero-order valence-electron chi connectivity index (χ0n) is 11.8. The summed E-state index contributed by atoms with van der Waals surface area (Å²) in [6.07, 6.45) is 1.98. The van der Waals surface area contributed by atoms with Gasteiger partial charge >= 0.3 is 0 Å². The van der Waals surface area contributed by atoms with Crippen molar-refractivity contribution in [3.05, 3.63) is 65.7 Å². The Morgan fingerprint density at radius 2 is 1.75 bits per heavy atom. The fraction of sp³-hybridized carbons (Fsp3) is 0.235. The summed E-state index contributed by atoms with van der Waals surface area (Å²) in [7, 11) is 0. The summed E-state index contributed by atoms with van der Waals surface area (Å²) in [5, 5.41) is 3.02. The molecule has 20 heavy (non-hydrogen) atoms. The van der Waals surface area contributed by atoms with Gasteiger partial charge in [0, 0.05) is 11.4 Å². The van der Waals surface area contributed by atoms with Crippen LogP contribution in [0, 0.1) is 0 Å². The van der Waals surface area contributed by atoms with Gasteiger partial charge in [-0.05, 0) is 29.9 Å². The van der Waals surface area contributed by atoms with E-state index in [0.717, 1.165) is 10.5 Å². The number of benzene rings is 2. The molecule has 3 heteroatoms. The first kappa shape index (κ1) is 14.7. The van der Waals surface area contributed by atoms with Crippen molar-refractivity contribution >= 4 is 17.7 Å². The second kappa shape index (κ2) is 7.15. The number of hydrogen-bond acceptors (Lipinski definition) is 2. The van der Waals surface area contributed by atoms with Gasteiger partial charge in [-0.1, -0.05) is 49.4 Å². The minimum absolute atomic E-state index is 0.00210. The number of carbonyl (C=O) groups excluding carboxylic acids is 1. The van der Waals surface area contributed by atoms with E-state index in [2.05, 4.69) is 24.4 Å². The first-order valence-corrected chi connectivity index (χ1v) is 7.91. The van der Waals surface area contributed by atoms with E-state index in [1.807, 2.05) is 48.7 Å². The highest BCUT2D eigenvalue weighted by molar-refractivity contribution is 7.98. The van der Waals surface area contributed by atoms with Crippen molar-refractivity contribution in [2.45, 2.75) is 17.7 Å². The van der Waals surface area contributed by atoms with E-state index in [1.165, 1.54) is 5.56 Å². The molecular formula is C17H19NOS. The Morgan fingerprint density at radius 1 is 1.10 bits per heavy atom. The van der Waals surface area contributed by atoms with Crippen molar-refractivity contribution < 1.29 is 4.79 Å². The van der Waals surface area contributed by atoms with Crippen LogP contribution in [-0.2, 0) is 0 Å². The van der Waals surface area contributed by atoms with Crippen molar-refractivity contribution in [3.63, 3.8) is 0 Å².